The maximum Gasteiger partial charge on any atom is 0.381 e. The molecule has 1 aliphatic heterocycles. The van der Waals surface area contributed by atoms with Crippen molar-refractivity contribution in [3.8, 4) is 0 Å². The van der Waals surface area contributed by atoms with Crippen molar-refractivity contribution in [2.45, 2.75) is 53.6 Å². The summed E-state index contributed by atoms with van der Waals surface area (Å²) in [6.07, 6.45) is 0.440. The van der Waals surface area contributed by atoms with Crippen molar-refractivity contribution in [2.75, 3.05) is 0 Å². The van der Waals surface area contributed by atoms with E-state index in [2.05, 4.69) is 10.3 Å². The van der Waals surface area contributed by atoms with Gasteiger partial charge in [-0.15, -0.1) is 0 Å². The van der Waals surface area contributed by atoms with Gasteiger partial charge in [0.1, 0.15) is 0 Å². The minimum absolute atomic E-state index is 0.121. The van der Waals surface area contributed by atoms with Crippen LogP contribution in [-0.2, 0) is 14.5 Å². The lowest BCUT2D eigenvalue weighted by atomic mass is 9.91. The molecule has 0 bridgehead atoms. The largest absolute Gasteiger partial charge is 0.381 e. The fraction of sp³-hybridized carbons (Fsp3) is 0.750. The van der Waals surface area contributed by atoms with E-state index < -0.39 is 11.6 Å². The Morgan fingerprint density at radius 3 is 2.53 bits per heavy atom. The Morgan fingerprint density at radius 2 is 2.12 bits per heavy atom. The molecule has 17 heavy (non-hydrogen) atoms. The fourth-order valence-corrected chi connectivity index (χ4v) is 1.18. The molecule has 1 aliphatic rings. The molecule has 0 saturated carbocycles. The maximum atomic E-state index is 11.8. The molecule has 1 heterocycles. The van der Waals surface area contributed by atoms with E-state index in [9.17, 15) is 4.79 Å². The van der Waals surface area contributed by atoms with Gasteiger partial charge in [0, 0.05) is 11.8 Å². The van der Waals surface area contributed by atoms with Crippen LogP contribution in [-0.4, -0.2) is 23.0 Å². The molecule has 0 radical (unpaired) electrons. The lowest BCUT2D eigenvalue weighted by Gasteiger charge is -2.19. The summed E-state index contributed by atoms with van der Waals surface area (Å²) in [4.78, 5) is 21.8. The highest BCUT2D eigenvalue weighted by Gasteiger charge is 2.43. The monoisotopic (exact) mass is 240 g/mol. The zero-order chi connectivity index (χ0) is 13.3. The van der Waals surface area contributed by atoms with Crippen molar-refractivity contribution in [2.24, 2.45) is 15.7 Å². The van der Waals surface area contributed by atoms with Crippen LogP contribution in [0.2, 0.25) is 0 Å². The second-order valence-corrected chi connectivity index (χ2v) is 5.63. The Morgan fingerprint density at radius 1 is 1.53 bits per heavy atom. The standard InChI is InChI=1S/C12H20N2O3/c1-8-7-12(6,17-13-8)10(15)16-14-9(2)11(3,4)5/h7H2,1-6H3/b14-9+. The van der Waals surface area contributed by atoms with Crippen LogP contribution >= 0.6 is 0 Å². The summed E-state index contributed by atoms with van der Waals surface area (Å²) in [5, 5.41) is 7.60. The highest BCUT2D eigenvalue weighted by molar-refractivity contribution is 5.92. The number of oxime groups is 2. The summed E-state index contributed by atoms with van der Waals surface area (Å²) in [6, 6.07) is 0. The van der Waals surface area contributed by atoms with Crippen molar-refractivity contribution in [1.29, 1.82) is 0 Å². The third-order valence-corrected chi connectivity index (χ3v) is 2.78. The fourth-order valence-electron chi connectivity index (χ4n) is 1.18. The summed E-state index contributed by atoms with van der Waals surface area (Å²) < 4.78 is 0. The van der Waals surface area contributed by atoms with Crippen LogP contribution in [0.3, 0.4) is 0 Å². The number of rotatable bonds is 2. The van der Waals surface area contributed by atoms with Gasteiger partial charge in [0.2, 0.25) is 5.60 Å². The molecule has 1 atom stereocenters. The minimum atomic E-state index is -1.04. The minimum Gasteiger partial charge on any atom is -0.377 e. The van der Waals surface area contributed by atoms with E-state index in [1.54, 1.807) is 6.92 Å². The average Bonchev–Trinajstić information content (AvgIpc) is 2.54. The second-order valence-electron chi connectivity index (χ2n) is 5.63. The van der Waals surface area contributed by atoms with Crippen molar-refractivity contribution in [3.63, 3.8) is 0 Å². The van der Waals surface area contributed by atoms with Gasteiger partial charge in [-0.1, -0.05) is 31.1 Å². The molecule has 0 aromatic carbocycles. The van der Waals surface area contributed by atoms with Crippen LogP contribution in [0.5, 0.6) is 0 Å². The highest BCUT2D eigenvalue weighted by Crippen LogP contribution is 2.25. The Balaban J connectivity index is 2.63. The van der Waals surface area contributed by atoms with E-state index in [0.717, 1.165) is 11.4 Å². The molecule has 0 amide bonds. The van der Waals surface area contributed by atoms with Gasteiger partial charge >= 0.3 is 5.97 Å². The van der Waals surface area contributed by atoms with Gasteiger partial charge in [0.15, 0.2) is 0 Å². The predicted octanol–water partition coefficient (Wildman–Crippen LogP) is 2.51. The molecule has 0 saturated heterocycles. The summed E-state index contributed by atoms with van der Waals surface area (Å²) in [7, 11) is 0. The average molecular weight is 240 g/mol. The Labute approximate surface area is 102 Å². The smallest absolute Gasteiger partial charge is 0.377 e. The van der Waals surface area contributed by atoms with E-state index in [-0.39, 0.29) is 5.41 Å². The van der Waals surface area contributed by atoms with Crippen LogP contribution in [0.15, 0.2) is 10.3 Å². The van der Waals surface area contributed by atoms with E-state index in [0.29, 0.717) is 6.42 Å². The lowest BCUT2D eigenvalue weighted by Crippen LogP contribution is -2.36. The summed E-state index contributed by atoms with van der Waals surface area (Å²) in [5.74, 6) is -0.512. The molecule has 0 fully saturated rings. The molecule has 0 N–H and O–H groups in total. The molecule has 5 nitrogen and oxygen atoms in total. The zero-order valence-corrected chi connectivity index (χ0v) is 11.3. The van der Waals surface area contributed by atoms with Gasteiger partial charge in [0.05, 0.1) is 11.4 Å². The molecule has 1 unspecified atom stereocenters. The van der Waals surface area contributed by atoms with E-state index >= 15 is 0 Å². The normalized spacial score (nSPS) is 25.3. The summed E-state index contributed by atoms with van der Waals surface area (Å²) in [5.41, 5.74) is 0.377. The molecular formula is C12H20N2O3. The molecule has 96 valence electrons. The lowest BCUT2D eigenvalue weighted by molar-refractivity contribution is -0.167. The van der Waals surface area contributed by atoms with Crippen LogP contribution in [0.25, 0.3) is 0 Å². The Bertz CT molecular complexity index is 380. The summed E-state index contributed by atoms with van der Waals surface area (Å²) >= 11 is 0. The molecular weight excluding hydrogens is 220 g/mol. The van der Waals surface area contributed by atoms with Crippen molar-refractivity contribution in [1.82, 2.24) is 0 Å². The molecule has 0 aliphatic carbocycles. The first kappa shape index (κ1) is 13.7. The maximum absolute atomic E-state index is 11.8. The van der Waals surface area contributed by atoms with Gasteiger partial charge in [-0.2, -0.15) is 0 Å². The molecule has 5 heteroatoms. The van der Waals surface area contributed by atoms with E-state index in [4.69, 9.17) is 9.68 Å². The van der Waals surface area contributed by atoms with Crippen LogP contribution in [0.1, 0.15) is 48.0 Å². The second kappa shape index (κ2) is 4.47. The van der Waals surface area contributed by atoms with Gasteiger partial charge in [-0.3, -0.25) is 0 Å². The topological polar surface area (TPSA) is 60.2 Å². The quantitative estimate of drug-likeness (QED) is 0.423. The number of hydrogen-bond acceptors (Lipinski definition) is 5. The summed E-state index contributed by atoms with van der Waals surface area (Å²) in [6.45, 7) is 11.3. The molecule has 0 aromatic rings. The zero-order valence-electron chi connectivity index (χ0n) is 11.3. The highest BCUT2D eigenvalue weighted by atomic mass is 16.7. The van der Waals surface area contributed by atoms with Gasteiger partial charge < -0.3 is 9.68 Å². The van der Waals surface area contributed by atoms with Crippen LogP contribution in [0, 0.1) is 5.41 Å². The Hall–Kier alpha value is -1.39. The van der Waals surface area contributed by atoms with E-state index in [1.165, 1.54) is 0 Å². The van der Waals surface area contributed by atoms with Crippen LogP contribution in [0.4, 0.5) is 0 Å². The van der Waals surface area contributed by atoms with Gasteiger partial charge in [-0.05, 0) is 20.8 Å². The van der Waals surface area contributed by atoms with Crippen molar-refractivity contribution >= 4 is 17.4 Å². The number of nitrogens with zero attached hydrogens (tertiary/aromatic N) is 2. The molecule has 0 spiro atoms. The first-order chi connectivity index (χ1) is 7.65. The number of carbonyl (C=O) groups is 1. The molecule has 0 aromatic heterocycles. The third kappa shape index (κ3) is 3.28. The number of carbonyl (C=O) groups excluding carboxylic acids is 1. The first-order valence-electron chi connectivity index (χ1n) is 5.63. The predicted molar refractivity (Wildman–Crippen MR) is 65.9 cm³/mol. The SMILES string of the molecule is CC1=NOC(C)(C(=O)O/N=C(\C)C(C)(C)C)C1. The van der Waals surface area contributed by atoms with Gasteiger partial charge in [-0.25, -0.2) is 4.79 Å². The van der Waals surface area contributed by atoms with Gasteiger partial charge in [0.25, 0.3) is 0 Å². The third-order valence-electron chi connectivity index (χ3n) is 2.78. The number of hydrogen-bond donors (Lipinski definition) is 0. The first-order valence-corrected chi connectivity index (χ1v) is 5.63. The molecule has 1 rings (SSSR count). The van der Waals surface area contributed by atoms with Crippen molar-refractivity contribution in [3.05, 3.63) is 0 Å². The van der Waals surface area contributed by atoms with Crippen molar-refractivity contribution < 1.29 is 14.5 Å². The Kier molecular flexibility index (Phi) is 3.59. The van der Waals surface area contributed by atoms with Crippen LogP contribution < -0.4 is 0 Å². The van der Waals surface area contributed by atoms with E-state index in [1.807, 2.05) is 34.6 Å².